The Morgan fingerprint density at radius 2 is 1.96 bits per heavy atom. The van der Waals surface area contributed by atoms with Gasteiger partial charge in [-0.1, -0.05) is 19.4 Å². The highest BCUT2D eigenvalue weighted by Crippen LogP contribution is 2.69. The number of allylic oxidation sites excluding steroid dienone is 2. The molecule has 0 aliphatic heterocycles. The molecule has 1 N–H and O–H groups in total. The van der Waals surface area contributed by atoms with Gasteiger partial charge in [0.15, 0.2) is 5.78 Å². The molecular weight excluding hydrogens is 307 g/mol. The second-order valence-electron chi connectivity index (χ2n) is 9.13. The number of ketones is 2. The summed E-state index contributed by atoms with van der Waals surface area (Å²) in [6.07, 6.45) is 4.07. The maximum absolute atomic E-state index is 16.5. The number of halogens is 1. The Bertz CT molecular complexity index is 655. The highest BCUT2D eigenvalue weighted by atomic mass is 19.1. The van der Waals surface area contributed by atoms with Crippen LogP contribution in [-0.4, -0.2) is 28.4 Å². The van der Waals surface area contributed by atoms with Gasteiger partial charge in [0.25, 0.3) is 0 Å². The van der Waals surface area contributed by atoms with Crippen LogP contribution < -0.4 is 0 Å². The molecule has 0 aromatic heterocycles. The van der Waals surface area contributed by atoms with E-state index in [-0.39, 0.29) is 41.2 Å². The van der Waals surface area contributed by atoms with Crippen molar-refractivity contribution < 1.29 is 19.1 Å². The van der Waals surface area contributed by atoms with Crippen molar-refractivity contribution in [2.24, 2.45) is 28.6 Å². The first-order chi connectivity index (χ1) is 11.1. The van der Waals surface area contributed by atoms with Gasteiger partial charge >= 0.3 is 0 Å². The largest absolute Gasteiger partial charge is 0.390 e. The second kappa shape index (κ2) is 4.78. The van der Waals surface area contributed by atoms with Crippen LogP contribution in [0.1, 0.15) is 59.3 Å². The Balaban J connectivity index is 1.79. The van der Waals surface area contributed by atoms with Gasteiger partial charge in [-0.25, -0.2) is 4.39 Å². The van der Waals surface area contributed by atoms with Crippen LogP contribution in [0.25, 0.3) is 0 Å². The highest BCUT2D eigenvalue weighted by Gasteiger charge is 2.71. The lowest BCUT2D eigenvalue weighted by Crippen LogP contribution is -2.66. The molecule has 4 rings (SSSR count). The van der Waals surface area contributed by atoms with Gasteiger partial charge in [0.05, 0.1) is 6.10 Å². The molecule has 0 aromatic rings. The summed E-state index contributed by atoms with van der Waals surface area (Å²) in [6, 6.07) is 0. The summed E-state index contributed by atoms with van der Waals surface area (Å²) < 4.78 is 16.5. The maximum Gasteiger partial charge on any atom is 0.156 e. The molecule has 0 bridgehead atoms. The van der Waals surface area contributed by atoms with Gasteiger partial charge in [-0.15, -0.1) is 0 Å². The minimum Gasteiger partial charge on any atom is -0.390 e. The molecule has 4 aliphatic carbocycles. The van der Waals surface area contributed by atoms with Crippen molar-refractivity contribution in [3.8, 4) is 0 Å². The van der Waals surface area contributed by atoms with E-state index >= 15 is 4.39 Å². The summed E-state index contributed by atoms with van der Waals surface area (Å²) in [5.41, 5.74) is -2.05. The second-order valence-corrected chi connectivity index (χ2v) is 9.13. The molecule has 132 valence electrons. The van der Waals surface area contributed by atoms with Crippen LogP contribution in [0.5, 0.6) is 0 Å². The summed E-state index contributed by atoms with van der Waals surface area (Å²) in [4.78, 5) is 24.1. The van der Waals surface area contributed by atoms with E-state index in [9.17, 15) is 14.7 Å². The summed E-state index contributed by atoms with van der Waals surface area (Å²) in [5, 5.41) is 10.9. The molecule has 0 heterocycles. The normalized spacial score (nSPS) is 53.2. The van der Waals surface area contributed by atoms with Crippen molar-refractivity contribution in [1.82, 2.24) is 0 Å². The molecule has 0 radical (unpaired) electrons. The fraction of sp³-hybridized carbons (Fsp3) is 0.800. The third kappa shape index (κ3) is 1.71. The number of aliphatic hydroxyl groups is 1. The molecule has 0 spiro atoms. The Hall–Kier alpha value is -1.03. The number of aliphatic hydroxyl groups excluding tert-OH is 1. The first-order valence-corrected chi connectivity index (χ1v) is 9.26. The molecule has 24 heavy (non-hydrogen) atoms. The van der Waals surface area contributed by atoms with Crippen molar-refractivity contribution >= 4 is 11.6 Å². The van der Waals surface area contributed by atoms with Crippen LogP contribution in [0, 0.1) is 28.6 Å². The Morgan fingerprint density at radius 3 is 2.62 bits per heavy atom. The van der Waals surface area contributed by atoms with E-state index in [0.717, 1.165) is 24.8 Å². The van der Waals surface area contributed by atoms with Crippen LogP contribution in [0.4, 0.5) is 4.39 Å². The predicted octanol–water partition coefficient (Wildman–Crippen LogP) is 3.40. The Morgan fingerprint density at radius 1 is 1.25 bits per heavy atom. The van der Waals surface area contributed by atoms with E-state index < -0.39 is 17.2 Å². The summed E-state index contributed by atoms with van der Waals surface area (Å²) in [7, 11) is 0. The van der Waals surface area contributed by atoms with Crippen LogP contribution in [0.2, 0.25) is 0 Å². The smallest absolute Gasteiger partial charge is 0.156 e. The average Bonchev–Trinajstić information content (AvgIpc) is 2.96. The van der Waals surface area contributed by atoms with Gasteiger partial charge in [-0.2, -0.15) is 0 Å². The molecule has 7 atom stereocenters. The molecule has 3 fully saturated rings. The van der Waals surface area contributed by atoms with Gasteiger partial charge in [0.1, 0.15) is 11.5 Å². The van der Waals surface area contributed by atoms with E-state index in [1.165, 1.54) is 0 Å². The van der Waals surface area contributed by atoms with Gasteiger partial charge < -0.3 is 5.11 Å². The quantitative estimate of drug-likeness (QED) is 0.800. The monoisotopic (exact) mass is 334 g/mol. The molecule has 3 nitrogen and oxygen atoms in total. The molecule has 3 saturated carbocycles. The number of carbonyl (C=O) groups excluding carboxylic acids is 2. The van der Waals surface area contributed by atoms with E-state index in [0.29, 0.717) is 12.8 Å². The van der Waals surface area contributed by atoms with E-state index in [4.69, 9.17) is 0 Å². The van der Waals surface area contributed by atoms with Crippen molar-refractivity contribution in [1.29, 1.82) is 0 Å². The lowest BCUT2D eigenvalue weighted by molar-refractivity contribution is -0.204. The van der Waals surface area contributed by atoms with Crippen molar-refractivity contribution in [3.63, 3.8) is 0 Å². The van der Waals surface area contributed by atoms with Gasteiger partial charge in [0, 0.05) is 23.7 Å². The van der Waals surface area contributed by atoms with Crippen LogP contribution in [-0.2, 0) is 9.59 Å². The van der Waals surface area contributed by atoms with Crippen molar-refractivity contribution in [2.75, 3.05) is 0 Å². The molecule has 0 unspecified atom stereocenters. The highest BCUT2D eigenvalue weighted by molar-refractivity contribution is 5.94. The van der Waals surface area contributed by atoms with Gasteiger partial charge in [0.2, 0.25) is 0 Å². The van der Waals surface area contributed by atoms with Crippen LogP contribution >= 0.6 is 0 Å². The van der Waals surface area contributed by atoms with Crippen LogP contribution in [0.3, 0.4) is 0 Å². The first kappa shape index (κ1) is 16.4. The fourth-order valence-electron chi connectivity index (χ4n) is 7.09. The fourth-order valence-corrected chi connectivity index (χ4v) is 7.09. The number of carbonyl (C=O) groups is 2. The van der Waals surface area contributed by atoms with E-state index in [1.807, 2.05) is 6.92 Å². The minimum absolute atomic E-state index is 0.0151. The van der Waals surface area contributed by atoms with Crippen molar-refractivity contribution in [2.45, 2.75) is 71.1 Å². The zero-order valence-electron chi connectivity index (χ0n) is 14.8. The molecule has 4 aliphatic rings. The number of rotatable bonds is 1. The molecule has 4 heteroatoms. The number of alkyl halides is 1. The number of hydrogen-bond acceptors (Lipinski definition) is 3. The Kier molecular flexibility index (Phi) is 3.27. The van der Waals surface area contributed by atoms with Crippen molar-refractivity contribution in [3.05, 3.63) is 11.6 Å². The van der Waals surface area contributed by atoms with E-state index in [1.54, 1.807) is 13.0 Å². The molecule has 0 aromatic carbocycles. The average molecular weight is 334 g/mol. The lowest BCUT2D eigenvalue weighted by Gasteiger charge is -2.61. The lowest BCUT2D eigenvalue weighted by atomic mass is 9.46. The Labute approximate surface area is 142 Å². The number of Topliss-reactive ketones (excluding diaryl/α,β-unsaturated/α-hetero) is 1. The number of hydrogen-bond donors (Lipinski definition) is 1. The minimum atomic E-state index is -1.75. The SMILES string of the molecule is CC(=O)[C@H]1CC[C@@H]2[C@H]3CCC4=CC(=O)C[C@]4(C)[C@]3(F)[C@@H](O)C[C@]12C. The summed E-state index contributed by atoms with van der Waals surface area (Å²) in [5.74, 6) is -0.0647. The molecular formula is C20H27FO3. The standard InChI is InChI=1S/C20H27FO3/c1-11(22)14-6-7-15-16-5-4-12-8-13(23)9-19(12,3)20(16,21)17(24)10-18(14,15)2/h8,14-17,24H,4-7,9-10H2,1-3H3/t14-,15-,16-,17+,18-,19+,20-/m1/s1. The summed E-state index contributed by atoms with van der Waals surface area (Å²) in [6.45, 7) is 5.53. The van der Waals surface area contributed by atoms with Gasteiger partial charge in [-0.05, 0) is 56.4 Å². The maximum atomic E-state index is 16.5. The van der Waals surface area contributed by atoms with E-state index in [2.05, 4.69) is 6.92 Å². The zero-order valence-corrected chi connectivity index (χ0v) is 14.8. The number of fused-ring (bicyclic) bond motifs is 5. The first-order valence-electron chi connectivity index (χ1n) is 9.26. The topological polar surface area (TPSA) is 54.4 Å². The summed E-state index contributed by atoms with van der Waals surface area (Å²) >= 11 is 0. The zero-order chi connectivity index (χ0) is 17.5. The van der Waals surface area contributed by atoms with Crippen LogP contribution in [0.15, 0.2) is 11.6 Å². The predicted molar refractivity (Wildman–Crippen MR) is 88.0 cm³/mol. The third-order valence-electron chi connectivity index (χ3n) is 8.19. The molecule has 0 amide bonds. The molecule has 0 saturated heterocycles. The third-order valence-corrected chi connectivity index (χ3v) is 8.19. The van der Waals surface area contributed by atoms with Gasteiger partial charge in [-0.3, -0.25) is 9.59 Å².